The van der Waals surface area contributed by atoms with Crippen LogP contribution in [0.4, 0.5) is 5.69 Å². The molecule has 0 radical (unpaired) electrons. The Hall–Kier alpha value is -2.76. The first-order chi connectivity index (χ1) is 10.0. The first-order valence-electron chi connectivity index (χ1n) is 6.31. The van der Waals surface area contributed by atoms with Crippen molar-refractivity contribution in [1.82, 2.24) is 0 Å². The number of hydrogen-bond donors (Lipinski definition) is 2. The molecule has 110 valence electrons. The van der Waals surface area contributed by atoms with Gasteiger partial charge in [-0.15, -0.1) is 0 Å². The summed E-state index contributed by atoms with van der Waals surface area (Å²) in [7, 11) is 1.32. The minimum absolute atomic E-state index is 0.370. The van der Waals surface area contributed by atoms with E-state index in [1.54, 1.807) is 24.3 Å². The molecule has 0 bridgehead atoms. The summed E-state index contributed by atoms with van der Waals surface area (Å²) in [6, 6.07) is 6.76. The molecule has 3 N–H and O–H groups in total. The molecule has 1 aromatic heterocycles. The summed E-state index contributed by atoms with van der Waals surface area (Å²) in [5.74, 6) is -0.292. The molecule has 2 aromatic rings. The van der Waals surface area contributed by atoms with Gasteiger partial charge in [0.1, 0.15) is 12.0 Å². The third-order valence-corrected chi connectivity index (χ3v) is 3.04. The van der Waals surface area contributed by atoms with Crippen LogP contribution >= 0.6 is 0 Å². The molecule has 0 aliphatic rings. The summed E-state index contributed by atoms with van der Waals surface area (Å²) in [5, 5.41) is 3.17. The first kappa shape index (κ1) is 14.6. The van der Waals surface area contributed by atoms with Crippen LogP contribution in [0, 0.1) is 6.92 Å². The number of furan rings is 1. The maximum Gasteiger partial charge on any atom is 0.341 e. The van der Waals surface area contributed by atoms with Crippen LogP contribution in [0.3, 0.4) is 0 Å². The van der Waals surface area contributed by atoms with Crippen LogP contribution in [-0.4, -0.2) is 19.0 Å². The number of nitrogens with one attached hydrogen (secondary N) is 1. The van der Waals surface area contributed by atoms with Crippen molar-refractivity contribution in [2.45, 2.75) is 13.5 Å². The number of carbonyl (C=O) groups is 2. The van der Waals surface area contributed by atoms with E-state index < -0.39 is 11.9 Å². The van der Waals surface area contributed by atoms with Crippen LogP contribution in [0.5, 0.6) is 0 Å². The molecule has 1 aromatic carbocycles. The third kappa shape index (κ3) is 3.42. The van der Waals surface area contributed by atoms with Crippen molar-refractivity contribution in [3.05, 3.63) is 53.0 Å². The third-order valence-electron chi connectivity index (χ3n) is 3.04. The van der Waals surface area contributed by atoms with Crippen LogP contribution in [0.25, 0.3) is 0 Å². The second-order valence-electron chi connectivity index (χ2n) is 4.54. The Balaban J connectivity index is 2.04. The van der Waals surface area contributed by atoms with Crippen molar-refractivity contribution in [3.63, 3.8) is 0 Å². The largest absolute Gasteiger partial charge is 0.467 e. The molecule has 2 rings (SSSR count). The highest BCUT2D eigenvalue weighted by atomic mass is 16.5. The number of aryl methyl sites for hydroxylation is 1. The zero-order valence-electron chi connectivity index (χ0n) is 11.8. The molecular formula is C15H16N2O4. The van der Waals surface area contributed by atoms with Gasteiger partial charge in [-0.25, -0.2) is 4.79 Å². The molecular weight excluding hydrogens is 272 g/mol. The van der Waals surface area contributed by atoms with E-state index in [1.807, 2.05) is 6.92 Å². The number of hydrogen-bond acceptors (Lipinski definition) is 5. The van der Waals surface area contributed by atoms with E-state index in [2.05, 4.69) is 10.1 Å². The molecule has 0 atom stereocenters. The number of carbonyl (C=O) groups excluding carboxylic acids is 2. The Bertz CT molecular complexity index is 676. The van der Waals surface area contributed by atoms with Crippen molar-refractivity contribution < 1.29 is 18.7 Å². The summed E-state index contributed by atoms with van der Waals surface area (Å²) in [4.78, 5) is 22.4. The van der Waals surface area contributed by atoms with Gasteiger partial charge in [0, 0.05) is 11.3 Å². The Morgan fingerprint density at radius 3 is 2.67 bits per heavy atom. The van der Waals surface area contributed by atoms with Gasteiger partial charge in [-0.05, 0) is 36.8 Å². The Labute approximate surface area is 121 Å². The molecule has 6 nitrogen and oxygen atoms in total. The summed E-state index contributed by atoms with van der Waals surface area (Å²) in [6.07, 6.45) is 1.35. The van der Waals surface area contributed by atoms with Crippen molar-refractivity contribution in [3.8, 4) is 0 Å². The molecule has 1 heterocycles. The number of nitrogens with two attached hydrogens (primary N) is 1. The normalized spacial score (nSPS) is 10.2. The van der Waals surface area contributed by atoms with E-state index >= 15 is 0 Å². The SMILES string of the molecule is COC(=O)c1coc(CNc2ccc(C(N)=O)cc2C)c1. The summed E-state index contributed by atoms with van der Waals surface area (Å²) >= 11 is 0. The molecule has 0 spiro atoms. The van der Waals surface area contributed by atoms with Gasteiger partial charge in [0.15, 0.2) is 0 Å². The highest BCUT2D eigenvalue weighted by molar-refractivity contribution is 5.93. The molecule has 0 fully saturated rings. The first-order valence-corrected chi connectivity index (χ1v) is 6.31. The Morgan fingerprint density at radius 1 is 1.29 bits per heavy atom. The standard InChI is InChI=1S/C15H16N2O4/c1-9-5-10(14(16)18)3-4-13(9)17-7-12-6-11(8-21-12)15(19)20-2/h3-6,8,17H,7H2,1-2H3,(H2,16,18). The maximum absolute atomic E-state index is 11.3. The number of esters is 1. The molecule has 1 amide bonds. The number of primary amides is 1. The maximum atomic E-state index is 11.3. The average Bonchev–Trinajstić information content (AvgIpc) is 2.93. The van der Waals surface area contributed by atoms with Gasteiger partial charge in [0.25, 0.3) is 0 Å². The fraction of sp³-hybridized carbons (Fsp3) is 0.200. The van der Waals surface area contributed by atoms with Gasteiger partial charge in [0.2, 0.25) is 5.91 Å². The van der Waals surface area contributed by atoms with Crippen LogP contribution in [0.15, 0.2) is 34.9 Å². The summed E-state index contributed by atoms with van der Waals surface area (Å²) < 4.78 is 9.88. The predicted molar refractivity (Wildman–Crippen MR) is 77.1 cm³/mol. The minimum atomic E-state index is -0.460. The second-order valence-corrected chi connectivity index (χ2v) is 4.54. The van der Waals surface area contributed by atoms with E-state index in [9.17, 15) is 9.59 Å². The molecule has 0 saturated heterocycles. The van der Waals surface area contributed by atoms with Crippen molar-refractivity contribution in [2.75, 3.05) is 12.4 Å². The predicted octanol–water partition coefficient (Wildman–Crippen LogP) is 2.09. The Morgan fingerprint density at radius 2 is 2.05 bits per heavy atom. The van der Waals surface area contributed by atoms with E-state index in [0.29, 0.717) is 23.4 Å². The highest BCUT2D eigenvalue weighted by Gasteiger charge is 2.10. The van der Waals surface area contributed by atoms with E-state index in [-0.39, 0.29) is 0 Å². The molecule has 6 heteroatoms. The van der Waals surface area contributed by atoms with Gasteiger partial charge >= 0.3 is 5.97 Å². The lowest BCUT2D eigenvalue weighted by atomic mass is 10.1. The summed E-state index contributed by atoms with van der Waals surface area (Å²) in [6.45, 7) is 2.28. The zero-order chi connectivity index (χ0) is 15.4. The van der Waals surface area contributed by atoms with Gasteiger partial charge < -0.3 is 20.2 Å². The van der Waals surface area contributed by atoms with Crippen LogP contribution < -0.4 is 11.1 Å². The lowest BCUT2D eigenvalue weighted by Gasteiger charge is -2.09. The van der Waals surface area contributed by atoms with Crippen molar-refractivity contribution >= 4 is 17.6 Å². The lowest BCUT2D eigenvalue weighted by molar-refractivity contribution is 0.0600. The Kier molecular flexibility index (Phi) is 4.27. The second kappa shape index (κ2) is 6.13. The van der Waals surface area contributed by atoms with Crippen LogP contribution in [0.1, 0.15) is 32.0 Å². The molecule has 0 saturated carbocycles. The molecule has 0 aliphatic heterocycles. The van der Waals surface area contributed by atoms with Crippen LogP contribution in [-0.2, 0) is 11.3 Å². The number of amides is 1. The quantitative estimate of drug-likeness (QED) is 0.821. The summed E-state index contributed by atoms with van der Waals surface area (Å²) in [5.41, 5.74) is 7.81. The number of benzene rings is 1. The number of methoxy groups -OCH3 is 1. The molecule has 21 heavy (non-hydrogen) atoms. The van der Waals surface area contributed by atoms with E-state index in [4.69, 9.17) is 10.2 Å². The molecule has 0 aliphatic carbocycles. The van der Waals surface area contributed by atoms with E-state index in [0.717, 1.165) is 11.3 Å². The average molecular weight is 288 g/mol. The zero-order valence-corrected chi connectivity index (χ0v) is 11.8. The fourth-order valence-corrected chi connectivity index (χ4v) is 1.90. The fourth-order valence-electron chi connectivity index (χ4n) is 1.90. The van der Waals surface area contributed by atoms with Crippen LogP contribution in [0.2, 0.25) is 0 Å². The van der Waals surface area contributed by atoms with E-state index in [1.165, 1.54) is 13.4 Å². The monoisotopic (exact) mass is 288 g/mol. The lowest BCUT2D eigenvalue weighted by Crippen LogP contribution is -2.11. The van der Waals surface area contributed by atoms with Gasteiger partial charge in [0.05, 0.1) is 19.2 Å². The minimum Gasteiger partial charge on any atom is -0.467 e. The number of anilines is 1. The van der Waals surface area contributed by atoms with Gasteiger partial charge in [-0.3, -0.25) is 4.79 Å². The van der Waals surface area contributed by atoms with Gasteiger partial charge in [-0.1, -0.05) is 0 Å². The topological polar surface area (TPSA) is 94.6 Å². The highest BCUT2D eigenvalue weighted by Crippen LogP contribution is 2.18. The molecule has 0 unspecified atom stereocenters. The van der Waals surface area contributed by atoms with Gasteiger partial charge in [-0.2, -0.15) is 0 Å². The van der Waals surface area contributed by atoms with Crippen molar-refractivity contribution in [2.24, 2.45) is 5.73 Å². The number of ether oxygens (including phenoxy) is 1. The smallest absolute Gasteiger partial charge is 0.341 e. The van der Waals surface area contributed by atoms with Crippen molar-refractivity contribution in [1.29, 1.82) is 0 Å². The number of rotatable bonds is 5.